The predicted molar refractivity (Wildman–Crippen MR) is 113 cm³/mol. The summed E-state index contributed by atoms with van der Waals surface area (Å²) >= 11 is 0. The quantitative estimate of drug-likeness (QED) is 0.499. The summed E-state index contributed by atoms with van der Waals surface area (Å²) in [6.07, 6.45) is 8.04. The summed E-state index contributed by atoms with van der Waals surface area (Å²) in [4.78, 5) is 21.5. The third kappa shape index (κ3) is 3.66. The Morgan fingerprint density at radius 1 is 1.17 bits per heavy atom. The van der Waals surface area contributed by atoms with Crippen LogP contribution >= 0.6 is 0 Å². The van der Waals surface area contributed by atoms with E-state index in [1.165, 1.54) is 0 Å². The van der Waals surface area contributed by atoms with Gasteiger partial charge in [0.2, 0.25) is 0 Å². The number of benzene rings is 1. The van der Waals surface area contributed by atoms with Gasteiger partial charge in [-0.15, -0.1) is 0 Å². The fourth-order valence-corrected chi connectivity index (χ4v) is 4.01. The lowest BCUT2D eigenvalue weighted by Gasteiger charge is -2.23. The first-order valence-corrected chi connectivity index (χ1v) is 10.4. The minimum Gasteiger partial charge on any atom is -0.381 e. The topological polar surface area (TPSA) is 86.9 Å². The minimum atomic E-state index is -0.129. The number of nitrogens with zero attached hydrogens (tertiary/aromatic N) is 5. The lowest BCUT2D eigenvalue weighted by Crippen LogP contribution is -2.25. The number of nitrogens with one attached hydrogen (secondary N) is 1. The number of hydrogen-bond donors (Lipinski definition) is 1. The molecule has 1 saturated heterocycles. The molecule has 30 heavy (non-hydrogen) atoms. The van der Waals surface area contributed by atoms with Crippen molar-refractivity contribution in [1.82, 2.24) is 29.6 Å². The molecular weight excluding hydrogens is 380 g/mol. The summed E-state index contributed by atoms with van der Waals surface area (Å²) in [6, 6.07) is 10.3. The van der Waals surface area contributed by atoms with Gasteiger partial charge < -0.3 is 14.6 Å². The lowest BCUT2D eigenvalue weighted by atomic mass is 10.1. The molecular formula is C22H24N6O2. The van der Waals surface area contributed by atoms with Crippen LogP contribution in [0.15, 0.2) is 49.1 Å². The molecule has 5 rings (SSSR count). The van der Waals surface area contributed by atoms with E-state index < -0.39 is 0 Å². The Morgan fingerprint density at radius 2 is 2.03 bits per heavy atom. The highest BCUT2D eigenvalue weighted by Gasteiger charge is 2.19. The van der Waals surface area contributed by atoms with Crippen molar-refractivity contribution in [3.8, 4) is 0 Å². The van der Waals surface area contributed by atoms with Crippen LogP contribution in [0.4, 0.5) is 0 Å². The van der Waals surface area contributed by atoms with Crippen molar-refractivity contribution in [2.24, 2.45) is 0 Å². The maximum Gasteiger partial charge on any atom is 0.252 e. The summed E-state index contributed by atoms with van der Waals surface area (Å²) in [6.45, 7) is 2.85. The summed E-state index contributed by atoms with van der Waals surface area (Å²) in [5.41, 5.74) is 3.21. The first kappa shape index (κ1) is 18.7. The van der Waals surface area contributed by atoms with E-state index in [1.807, 2.05) is 41.5 Å². The Hall–Kier alpha value is -3.26. The van der Waals surface area contributed by atoms with Crippen LogP contribution in [0, 0.1) is 0 Å². The number of fused-ring (bicyclic) bond motifs is 2. The zero-order chi connectivity index (χ0) is 20.3. The van der Waals surface area contributed by atoms with Gasteiger partial charge in [-0.25, -0.2) is 9.97 Å². The average molecular weight is 404 g/mol. The molecule has 1 N–H and O–H groups in total. The zero-order valence-electron chi connectivity index (χ0n) is 16.7. The molecule has 1 aliphatic rings. The van der Waals surface area contributed by atoms with E-state index in [1.54, 1.807) is 6.20 Å². The van der Waals surface area contributed by atoms with E-state index in [0.717, 1.165) is 61.1 Å². The molecule has 1 fully saturated rings. The lowest BCUT2D eigenvalue weighted by molar-refractivity contribution is 0.0704. The first-order valence-electron chi connectivity index (χ1n) is 10.4. The molecule has 1 amide bonds. The molecule has 154 valence electrons. The molecule has 0 unspecified atom stereocenters. The van der Waals surface area contributed by atoms with Gasteiger partial charge in [0.15, 0.2) is 5.65 Å². The number of aromatic nitrogens is 5. The molecule has 1 aromatic carbocycles. The van der Waals surface area contributed by atoms with Crippen LogP contribution < -0.4 is 5.32 Å². The van der Waals surface area contributed by atoms with Crippen LogP contribution in [0.3, 0.4) is 0 Å². The van der Waals surface area contributed by atoms with Crippen LogP contribution in [0.1, 0.15) is 35.7 Å². The second-order valence-corrected chi connectivity index (χ2v) is 7.60. The van der Waals surface area contributed by atoms with E-state index in [2.05, 4.69) is 31.0 Å². The third-order valence-electron chi connectivity index (χ3n) is 5.64. The van der Waals surface area contributed by atoms with Crippen LogP contribution in [-0.2, 0) is 11.3 Å². The number of carbonyl (C=O) groups excluding carboxylic acids is 1. The second-order valence-electron chi connectivity index (χ2n) is 7.60. The number of pyridine rings is 1. The molecule has 0 radical (unpaired) electrons. The van der Waals surface area contributed by atoms with Gasteiger partial charge in [-0.1, -0.05) is 18.2 Å². The molecule has 0 bridgehead atoms. The number of carbonyl (C=O) groups is 1. The maximum absolute atomic E-state index is 12.5. The Morgan fingerprint density at radius 3 is 2.93 bits per heavy atom. The largest absolute Gasteiger partial charge is 0.381 e. The van der Waals surface area contributed by atoms with Gasteiger partial charge in [-0.05, 0) is 31.4 Å². The summed E-state index contributed by atoms with van der Waals surface area (Å²) in [7, 11) is 0. The number of imidazole rings is 1. The van der Waals surface area contributed by atoms with Crippen LogP contribution in [0.25, 0.3) is 22.1 Å². The number of ether oxygens (including phenoxy) is 1. The van der Waals surface area contributed by atoms with Gasteiger partial charge >= 0.3 is 0 Å². The van der Waals surface area contributed by atoms with E-state index in [0.29, 0.717) is 18.2 Å². The highest BCUT2D eigenvalue weighted by molar-refractivity contribution is 5.96. The van der Waals surface area contributed by atoms with Gasteiger partial charge in [-0.2, -0.15) is 5.10 Å². The highest BCUT2D eigenvalue weighted by Crippen LogP contribution is 2.24. The molecule has 1 aliphatic heterocycles. The molecule has 8 heteroatoms. The van der Waals surface area contributed by atoms with Gasteiger partial charge in [0.05, 0.1) is 23.6 Å². The van der Waals surface area contributed by atoms with Crippen molar-refractivity contribution in [1.29, 1.82) is 0 Å². The second kappa shape index (κ2) is 8.23. The Balaban J connectivity index is 1.19. The monoisotopic (exact) mass is 404 g/mol. The smallest absolute Gasteiger partial charge is 0.252 e. The summed E-state index contributed by atoms with van der Waals surface area (Å²) in [5, 5.41) is 8.52. The van der Waals surface area contributed by atoms with Crippen molar-refractivity contribution in [2.45, 2.75) is 31.8 Å². The predicted octanol–water partition coefficient (Wildman–Crippen LogP) is 2.95. The zero-order valence-corrected chi connectivity index (χ0v) is 16.7. The molecule has 8 nitrogen and oxygen atoms in total. The van der Waals surface area contributed by atoms with Crippen LogP contribution in [0.5, 0.6) is 0 Å². The Labute approximate surface area is 173 Å². The summed E-state index contributed by atoms with van der Waals surface area (Å²) < 4.78 is 9.51. The number of rotatable bonds is 6. The molecule has 4 aromatic rings. The van der Waals surface area contributed by atoms with Crippen LogP contribution in [0.2, 0.25) is 0 Å². The fourth-order valence-electron chi connectivity index (χ4n) is 4.01. The van der Waals surface area contributed by atoms with Gasteiger partial charge in [0.1, 0.15) is 5.52 Å². The maximum atomic E-state index is 12.5. The molecule has 0 spiro atoms. The molecule has 0 saturated carbocycles. The average Bonchev–Trinajstić information content (AvgIpc) is 3.41. The summed E-state index contributed by atoms with van der Waals surface area (Å²) in [5.74, 6) is -0.129. The Bertz CT molecular complexity index is 1170. The number of para-hydroxylation sites is 1. The highest BCUT2D eigenvalue weighted by atomic mass is 16.5. The fraction of sp³-hybridized carbons (Fsp3) is 0.364. The van der Waals surface area contributed by atoms with Crippen molar-refractivity contribution >= 4 is 28.0 Å². The normalized spacial score (nSPS) is 15.1. The minimum absolute atomic E-state index is 0.129. The van der Waals surface area contributed by atoms with Crippen LogP contribution in [-0.4, -0.2) is 50.0 Å². The first-order chi connectivity index (χ1) is 14.8. The third-order valence-corrected chi connectivity index (χ3v) is 5.64. The number of amides is 1. The van der Waals surface area contributed by atoms with Crippen molar-refractivity contribution in [3.63, 3.8) is 0 Å². The number of hydrogen-bond acceptors (Lipinski definition) is 5. The molecule has 0 aliphatic carbocycles. The molecule has 3 aromatic heterocycles. The van der Waals surface area contributed by atoms with Gasteiger partial charge in [0, 0.05) is 43.9 Å². The van der Waals surface area contributed by atoms with E-state index in [9.17, 15) is 4.79 Å². The molecule has 4 heterocycles. The SMILES string of the molecule is O=C(NCCCn1ncc2ccccc21)c1cnc2c(c1)ncn2C1CCOCC1. The Kier molecular flexibility index (Phi) is 5.15. The van der Waals surface area contributed by atoms with E-state index in [-0.39, 0.29) is 5.91 Å². The molecule has 0 atom stereocenters. The van der Waals surface area contributed by atoms with E-state index in [4.69, 9.17) is 4.74 Å². The van der Waals surface area contributed by atoms with Crippen molar-refractivity contribution in [3.05, 3.63) is 54.6 Å². The van der Waals surface area contributed by atoms with Gasteiger partial charge in [-0.3, -0.25) is 9.48 Å². The standard InChI is InChI=1S/C22H24N6O2/c29-22(23-8-3-9-28-20-5-2-1-4-16(20)14-26-28)17-12-19-21(24-13-17)27(15-25-19)18-6-10-30-11-7-18/h1-2,4-5,12-15,18H,3,6-11H2,(H,23,29). The van der Waals surface area contributed by atoms with Gasteiger partial charge in [0.25, 0.3) is 5.91 Å². The van der Waals surface area contributed by atoms with Crippen molar-refractivity contribution in [2.75, 3.05) is 19.8 Å². The van der Waals surface area contributed by atoms with E-state index >= 15 is 0 Å². The number of aryl methyl sites for hydroxylation is 1. The van der Waals surface area contributed by atoms with Crippen molar-refractivity contribution < 1.29 is 9.53 Å².